The van der Waals surface area contributed by atoms with Gasteiger partial charge in [0.15, 0.2) is 0 Å². The van der Waals surface area contributed by atoms with Gasteiger partial charge in [-0.3, -0.25) is 9.59 Å². The van der Waals surface area contributed by atoms with Gasteiger partial charge in [-0.2, -0.15) is 0 Å². The lowest BCUT2D eigenvalue weighted by molar-refractivity contribution is -0.128. The molecule has 0 bridgehead atoms. The Hall–Kier alpha value is -2.86. The monoisotopic (exact) mass is 439 g/mol. The van der Waals surface area contributed by atoms with Crippen molar-refractivity contribution in [3.63, 3.8) is 0 Å². The zero-order valence-corrected chi connectivity index (χ0v) is 18.3. The average Bonchev–Trinajstić information content (AvgIpc) is 2.77. The Labute approximate surface area is 187 Å². The largest absolute Gasteiger partial charge is 0.332 e. The number of anilines is 2. The molecule has 1 saturated carbocycles. The second kappa shape index (κ2) is 9.10. The number of fused-ring (bicyclic) bond motifs is 1. The number of urea groups is 1. The first kappa shape index (κ1) is 21.4. The van der Waals surface area contributed by atoms with Crippen LogP contribution in [-0.4, -0.2) is 35.3 Å². The molecule has 2 aliphatic rings. The molecule has 1 N–H and O–H groups in total. The highest BCUT2D eigenvalue weighted by Gasteiger charge is 2.48. The number of aryl methyl sites for hydroxylation is 1. The molecule has 1 aliphatic heterocycles. The van der Waals surface area contributed by atoms with Crippen molar-refractivity contribution < 1.29 is 14.4 Å². The predicted molar refractivity (Wildman–Crippen MR) is 121 cm³/mol. The third-order valence-electron chi connectivity index (χ3n) is 6.13. The number of nitrogens with one attached hydrogen (secondary N) is 1. The van der Waals surface area contributed by atoms with Crippen LogP contribution in [0, 0.1) is 5.92 Å². The first-order valence-corrected chi connectivity index (χ1v) is 11.1. The van der Waals surface area contributed by atoms with Crippen molar-refractivity contribution in [1.29, 1.82) is 0 Å². The van der Waals surface area contributed by atoms with Crippen LogP contribution in [0.3, 0.4) is 0 Å². The number of amides is 4. The minimum atomic E-state index is -0.466. The maximum absolute atomic E-state index is 13.4. The van der Waals surface area contributed by atoms with Crippen LogP contribution in [0.5, 0.6) is 0 Å². The summed E-state index contributed by atoms with van der Waals surface area (Å²) in [6, 6.07) is 13.7. The van der Waals surface area contributed by atoms with Crippen LogP contribution in [0.15, 0.2) is 48.5 Å². The summed E-state index contributed by atoms with van der Waals surface area (Å²) in [4.78, 5) is 42.1. The quantitative estimate of drug-likeness (QED) is 0.722. The average molecular weight is 440 g/mol. The normalized spacial score (nSPS) is 21.1. The minimum Gasteiger partial charge on any atom is -0.325 e. The van der Waals surface area contributed by atoms with Gasteiger partial charge in [-0.05, 0) is 55.2 Å². The number of carbonyl (C=O) groups is 3. The number of hydrogen-bond donors (Lipinski definition) is 1. The number of rotatable bonds is 5. The lowest BCUT2D eigenvalue weighted by atomic mass is 9.81. The zero-order valence-electron chi connectivity index (χ0n) is 17.5. The Kier molecular flexibility index (Phi) is 6.28. The molecule has 0 radical (unpaired) electrons. The first-order valence-electron chi connectivity index (χ1n) is 10.8. The second-order valence-corrected chi connectivity index (χ2v) is 8.56. The van der Waals surface area contributed by atoms with E-state index in [9.17, 15) is 14.4 Å². The molecule has 2 atom stereocenters. The smallest absolute Gasteiger partial charge is 0.325 e. The van der Waals surface area contributed by atoms with Gasteiger partial charge in [-0.1, -0.05) is 49.6 Å². The molecule has 1 saturated heterocycles. The summed E-state index contributed by atoms with van der Waals surface area (Å²) in [5.74, 6) is -0.784. The van der Waals surface area contributed by atoms with Gasteiger partial charge in [-0.15, -0.1) is 0 Å². The molecule has 2 fully saturated rings. The molecule has 4 amide bonds. The lowest BCUT2D eigenvalue weighted by Gasteiger charge is -2.46. The number of carbonyl (C=O) groups excluding carboxylic acids is 3. The van der Waals surface area contributed by atoms with Crippen molar-refractivity contribution in [2.75, 3.05) is 16.8 Å². The maximum atomic E-state index is 13.4. The Morgan fingerprint density at radius 3 is 2.55 bits per heavy atom. The fourth-order valence-corrected chi connectivity index (χ4v) is 4.70. The van der Waals surface area contributed by atoms with Gasteiger partial charge in [0.25, 0.3) is 0 Å². The van der Waals surface area contributed by atoms with Crippen molar-refractivity contribution in [2.24, 2.45) is 5.92 Å². The summed E-state index contributed by atoms with van der Waals surface area (Å²) in [5.41, 5.74) is 2.31. The third kappa shape index (κ3) is 4.44. The second-order valence-electron chi connectivity index (χ2n) is 8.12. The Balaban J connectivity index is 1.57. The van der Waals surface area contributed by atoms with Gasteiger partial charge in [0.2, 0.25) is 11.8 Å². The molecular weight excluding hydrogens is 414 g/mol. The van der Waals surface area contributed by atoms with Gasteiger partial charge >= 0.3 is 6.03 Å². The highest BCUT2D eigenvalue weighted by atomic mass is 35.5. The highest BCUT2D eigenvalue weighted by molar-refractivity contribution is 6.31. The molecule has 0 spiro atoms. The van der Waals surface area contributed by atoms with Gasteiger partial charge in [-0.25, -0.2) is 9.69 Å². The molecule has 1 aliphatic carbocycles. The van der Waals surface area contributed by atoms with E-state index in [4.69, 9.17) is 11.6 Å². The molecule has 2 aromatic carbocycles. The molecular formula is C24H26ClN3O3. The van der Waals surface area contributed by atoms with E-state index in [2.05, 4.69) is 12.2 Å². The molecule has 0 aromatic heterocycles. The summed E-state index contributed by atoms with van der Waals surface area (Å²) in [5, 5.41) is 3.32. The summed E-state index contributed by atoms with van der Waals surface area (Å²) in [6.45, 7) is 1.98. The molecule has 2 unspecified atom stereocenters. The fraction of sp³-hybridized carbons (Fsp3) is 0.375. The van der Waals surface area contributed by atoms with E-state index >= 15 is 0 Å². The summed E-state index contributed by atoms with van der Waals surface area (Å²) in [6.07, 6.45) is 4.24. The fourth-order valence-electron chi connectivity index (χ4n) is 4.52. The van der Waals surface area contributed by atoms with Crippen LogP contribution < -0.4 is 10.2 Å². The first-order chi connectivity index (χ1) is 15.0. The zero-order chi connectivity index (χ0) is 22.0. The molecule has 4 rings (SSSR count). The van der Waals surface area contributed by atoms with E-state index in [1.807, 2.05) is 24.3 Å². The molecule has 7 heteroatoms. The Morgan fingerprint density at radius 1 is 1.10 bits per heavy atom. The van der Waals surface area contributed by atoms with Crippen LogP contribution >= 0.6 is 11.6 Å². The van der Waals surface area contributed by atoms with Gasteiger partial charge in [0.1, 0.15) is 6.54 Å². The standard InChI is InChI=1S/C24H26ClN3O3/c1-2-16-10-12-18(13-11-16)26-22(29)15-27-21-9-4-3-8-20(21)23(30)28(24(27)31)19-7-5-6-17(25)14-19/h5-7,10-14,20-21H,2-4,8-9,15H2,1H3,(H,26,29). The number of halogens is 1. The Morgan fingerprint density at radius 2 is 1.84 bits per heavy atom. The summed E-state index contributed by atoms with van der Waals surface area (Å²) < 4.78 is 0. The lowest BCUT2D eigenvalue weighted by Crippen LogP contribution is -2.64. The minimum absolute atomic E-state index is 0.0973. The third-order valence-corrected chi connectivity index (χ3v) is 6.37. The van der Waals surface area contributed by atoms with Crippen molar-refractivity contribution in [3.05, 3.63) is 59.1 Å². The molecule has 1 heterocycles. The van der Waals surface area contributed by atoms with Crippen molar-refractivity contribution in [3.8, 4) is 0 Å². The summed E-state index contributed by atoms with van der Waals surface area (Å²) >= 11 is 6.10. The molecule has 162 valence electrons. The highest BCUT2D eigenvalue weighted by Crippen LogP contribution is 2.36. The van der Waals surface area contributed by atoms with E-state index in [0.717, 1.165) is 25.7 Å². The summed E-state index contributed by atoms with van der Waals surface area (Å²) in [7, 11) is 0. The van der Waals surface area contributed by atoms with Crippen LogP contribution in [0.1, 0.15) is 38.2 Å². The SMILES string of the molecule is CCc1ccc(NC(=O)CN2C(=O)N(c3cccc(Cl)c3)C(=O)C3CCCCC32)cc1. The van der Waals surface area contributed by atoms with Crippen LogP contribution in [0.2, 0.25) is 5.02 Å². The molecule has 6 nitrogen and oxygen atoms in total. The number of benzene rings is 2. The van der Waals surface area contributed by atoms with Gasteiger partial charge in [0, 0.05) is 16.8 Å². The van der Waals surface area contributed by atoms with E-state index in [1.54, 1.807) is 29.2 Å². The van der Waals surface area contributed by atoms with Gasteiger partial charge < -0.3 is 10.2 Å². The number of hydrogen-bond acceptors (Lipinski definition) is 3. The van der Waals surface area contributed by atoms with Gasteiger partial charge in [0.05, 0.1) is 11.6 Å². The number of imide groups is 1. The van der Waals surface area contributed by atoms with E-state index in [1.165, 1.54) is 10.5 Å². The van der Waals surface area contributed by atoms with Crippen LogP contribution in [-0.2, 0) is 16.0 Å². The predicted octanol–water partition coefficient (Wildman–Crippen LogP) is 4.87. The Bertz CT molecular complexity index is 992. The van der Waals surface area contributed by atoms with Crippen LogP contribution in [0.4, 0.5) is 16.2 Å². The van der Waals surface area contributed by atoms with Crippen LogP contribution in [0.25, 0.3) is 0 Å². The van der Waals surface area contributed by atoms with E-state index in [-0.39, 0.29) is 30.3 Å². The molecule has 2 aromatic rings. The van der Waals surface area contributed by atoms with Crippen molar-refractivity contribution in [2.45, 2.75) is 45.1 Å². The topological polar surface area (TPSA) is 69.7 Å². The van der Waals surface area contributed by atoms with E-state index in [0.29, 0.717) is 22.8 Å². The van der Waals surface area contributed by atoms with Crippen molar-refractivity contribution >= 4 is 40.8 Å². The van der Waals surface area contributed by atoms with Crippen molar-refractivity contribution in [1.82, 2.24) is 4.90 Å². The maximum Gasteiger partial charge on any atom is 0.332 e. The van der Waals surface area contributed by atoms with E-state index < -0.39 is 6.03 Å². The number of nitrogens with zero attached hydrogens (tertiary/aromatic N) is 2. The molecule has 31 heavy (non-hydrogen) atoms.